The van der Waals surface area contributed by atoms with Crippen molar-refractivity contribution >= 4 is 52.2 Å². The zero-order valence-electron chi connectivity index (χ0n) is 10.5. The van der Waals surface area contributed by atoms with Crippen LogP contribution in [0.25, 0.3) is 0 Å². The first-order chi connectivity index (χ1) is 9.91. The number of carbonyl (C=O) groups is 1. The first kappa shape index (κ1) is 15.6. The minimum atomic E-state index is -1.33. The van der Waals surface area contributed by atoms with Crippen molar-refractivity contribution in [2.45, 2.75) is 6.92 Å². The molecule has 0 fully saturated rings. The number of aromatic nitrogens is 1. The molecule has 0 saturated carbocycles. The lowest BCUT2D eigenvalue weighted by Crippen LogP contribution is -2.06. The van der Waals surface area contributed by atoms with Crippen molar-refractivity contribution in [3.05, 3.63) is 45.0 Å². The van der Waals surface area contributed by atoms with Crippen LogP contribution < -0.4 is 5.43 Å². The van der Waals surface area contributed by atoms with Crippen molar-refractivity contribution in [2.75, 3.05) is 5.43 Å². The van der Waals surface area contributed by atoms with Gasteiger partial charge in [-0.1, -0.05) is 34.8 Å². The van der Waals surface area contributed by atoms with Crippen LogP contribution in [0.2, 0.25) is 15.2 Å². The number of hydrogen-bond donors (Lipinski definition) is 2. The van der Waals surface area contributed by atoms with E-state index in [0.717, 1.165) is 0 Å². The van der Waals surface area contributed by atoms with Crippen molar-refractivity contribution in [2.24, 2.45) is 5.10 Å². The van der Waals surface area contributed by atoms with Crippen molar-refractivity contribution in [1.82, 2.24) is 4.98 Å². The molecule has 0 unspecified atom stereocenters. The first-order valence-corrected chi connectivity index (χ1v) is 6.67. The molecule has 0 saturated heterocycles. The number of carboxylic acid groups (broad SMARTS) is 1. The van der Waals surface area contributed by atoms with Crippen molar-refractivity contribution in [1.29, 1.82) is 0 Å². The molecule has 0 aliphatic heterocycles. The van der Waals surface area contributed by atoms with Crippen molar-refractivity contribution in [3.63, 3.8) is 0 Å². The maximum atomic E-state index is 11.0. The third-order valence-electron chi connectivity index (χ3n) is 2.45. The van der Waals surface area contributed by atoms with Gasteiger partial charge in [0.25, 0.3) is 0 Å². The van der Waals surface area contributed by atoms with Crippen LogP contribution >= 0.6 is 34.8 Å². The SMILES string of the molecule is CC(=NNc1c(Cl)c(Cl)nc(C(=O)O)c1Cl)c1ccco1. The highest BCUT2D eigenvalue weighted by Gasteiger charge is 2.20. The van der Waals surface area contributed by atoms with Gasteiger partial charge in [-0.05, 0) is 19.1 Å². The second-order valence-electron chi connectivity index (χ2n) is 3.85. The van der Waals surface area contributed by atoms with E-state index in [9.17, 15) is 4.79 Å². The predicted molar refractivity (Wildman–Crippen MR) is 80.8 cm³/mol. The van der Waals surface area contributed by atoms with Crippen LogP contribution in [0.1, 0.15) is 23.2 Å². The second kappa shape index (κ2) is 6.34. The van der Waals surface area contributed by atoms with Gasteiger partial charge in [-0.25, -0.2) is 9.78 Å². The van der Waals surface area contributed by atoms with Gasteiger partial charge in [0.05, 0.1) is 12.0 Å². The van der Waals surface area contributed by atoms with Crippen molar-refractivity contribution in [3.8, 4) is 0 Å². The zero-order chi connectivity index (χ0) is 15.6. The average molecular weight is 349 g/mol. The molecule has 2 heterocycles. The molecule has 0 spiro atoms. The number of carboxylic acids is 1. The summed E-state index contributed by atoms with van der Waals surface area (Å²) in [6.45, 7) is 1.69. The quantitative estimate of drug-likeness (QED) is 0.492. The highest BCUT2D eigenvalue weighted by Crippen LogP contribution is 2.36. The lowest BCUT2D eigenvalue weighted by molar-refractivity contribution is 0.0691. The van der Waals surface area contributed by atoms with Gasteiger partial charge in [-0.3, -0.25) is 5.43 Å². The Morgan fingerprint density at radius 1 is 1.38 bits per heavy atom. The zero-order valence-corrected chi connectivity index (χ0v) is 12.8. The number of pyridine rings is 1. The van der Waals surface area contributed by atoms with Gasteiger partial charge in [0, 0.05) is 0 Å². The fraction of sp³-hybridized carbons (Fsp3) is 0.0833. The highest BCUT2D eigenvalue weighted by molar-refractivity contribution is 6.46. The minimum Gasteiger partial charge on any atom is -0.476 e. The third-order valence-corrected chi connectivity index (χ3v) is 3.56. The van der Waals surface area contributed by atoms with E-state index < -0.39 is 11.7 Å². The fourth-order valence-corrected chi connectivity index (χ4v) is 2.10. The number of furan rings is 1. The fourth-order valence-electron chi connectivity index (χ4n) is 1.43. The molecule has 0 aromatic carbocycles. The summed E-state index contributed by atoms with van der Waals surface area (Å²) in [6.07, 6.45) is 1.50. The van der Waals surface area contributed by atoms with E-state index in [1.165, 1.54) is 6.26 Å². The standard InChI is InChI=1S/C12H8Cl3N3O3/c1-5(6-3-2-4-21-6)17-18-9-7(13)10(12(19)20)16-11(15)8(9)14/h2-4H,1H3,(H,16,18)(H,19,20). The van der Waals surface area contributed by atoms with E-state index in [0.29, 0.717) is 11.5 Å². The molecule has 0 aliphatic rings. The maximum Gasteiger partial charge on any atom is 0.356 e. The normalized spacial score (nSPS) is 11.5. The Bertz CT molecular complexity index is 714. The van der Waals surface area contributed by atoms with E-state index >= 15 is 0 Å². The maximum absolute atomic E-state index is 11.0. The monoisotopic (exact) mass is 347 g/mol. The molecule has 0 aliphatic carbocycles. The molecule has 2 N–H and O–H groups in total. The van der Waals surface area contributed by atoms with Gasteiger partial charge < -0.3 is 9.52 Å². The number of anilines is 1. The molecule has 0 atom stereocenters. The largest absolute Gasteiger partial charge is 0.476 e. The van der Waals surface area contributed by atoms with Crippen LogP contribution in [0.4, 0.5) is 5.69 Å². The highest BCUT2D eigenvalue weighted by atomic mass is 35.5. The average Bonchev–Trinajstić information content (AvgIpc) is 2.96. The molecule has 6 nitrogen and oxygen atoms in total. The van der Waals surface area contributed by atoms with Crippen molar-refractivity contribution < 1.29 is 14.3 Å². The van der Waals surface area contributed by atoms with E-state index in [4.69, 9.17) is 44.3 Å². The van der Waals surface area contributed by atoms with Crippen LogP contribution in [-0.2, 0) is 0 Å². The number of nitrogens with zero attached hydrogens (tertiary/aromatic N) is 2. The summed E-state index contributed by atoms with van der Waals surface area (Å²) in [5.74, 6) is -0.790. The number of rotatable bonds is 4. The molecule has 2 aromatic rings. The molecule has 21 heavy (non-hydrogen) atoms. The Balaban J connectivity index is 2.40. The van der Waals surface area contributed by atoms with E-state index in [1.807, 2.05) is 0 Å². The van der Waals surface area contributed by atoms with E-state index in [-0.39, 0.29) is 20.9 Å². The van der Waals surface area contributed by atoms with Crippen LogP contribution in [0, 0.1) is 0 Å². The van der Waals surface area contributed by atoms with Crippen LogP contribution in [-0.4, -0.2) is 21.8 Å². The second-order valence-corrected chi connectivity index (χ2v) is 4.96. The number of halogens is 3. The predicted octanol–water partition coefficient (Wildman–Crippen LogP) is 4.17. The lowest BCUT2D eigenvalue weighted by atomic mass is 10.3. The molecule has 2 aromatic heterocycles. The molecule has 0 amide bonds. The van der Waals surface area contributed by atoms with Gasteiger partial charge in [-0.2, -0.15) is 5.10 Å². The van der Waals surface area contributed by atoms with E-state index in [1.54, 1.807) is 19.1 Å². The number of aromatic carboxylic acids is 1. The number of nitrogens with one attached hydrogen (secondary N) is 1. The van der Waals surface area contributed by atoms with Gasteiger partial charge in [0.15, 0.2) is 10.8 Å². The Hall–Kier alpha value is -1.76. The van der Waals surface area contributed by atoms with Crippen LogP contribution in [0.5, 0.6) is 0 Å². The Labute approximate surface area is 134 Å². The number of hydrazone groups is 1. The first-order valence-electron chi connectivity index (χ1n) is 5.53. The summed E-state index contributed by atoms with van der Waals surface area (Å²) in [5, 5.41) is 12.6. The third kappa shape index (κ3) is 3.29. The minimum absolute atomic E-state index is 0.0253. The Morgan fingerprint density at radius 3 is 2.67 bits per heavy atom. The Morgan fingerprint density at radius 2 is 2.10 bits per heavy atom. The van der Waals surface area contributed by atoms with Crippen LogP contribution in [0.3, 0.4) is 0 Å². The lowest BCUT2D eigenvalue weighted by Gasteiger charge is -2.10. The smallest absolute Gasteiger partial charge is 0.356 e. The summed E-state index contributed by atoms with van der Waals surface area (Å²) in [5.41, 5.74) is 2.73. The molecule has 0 radical (unpaired) electrons. The molecule has 2 rings (SSSR count). The van der Waals surface area contributed by atoms with Gasteiger partial charge in [0.2, 0.25) is 0 Å². The molecule has 110 valence electrons. The van der Waals surface area contributed by atoms with Crippen LogP contribution in [0.15, 0.2) is 27.9 Å². The topological polar surface area (TPSA) is 87.7 Å². The summed E-state index contributed by atoms with van der Waals surface area (Å²) in [7, 11) is 0. The van der Waals surface area contributed by atoms with E-state index in [2.05, 4.69) is 15.5 Å². The molecule has 9 heteroatoms. The summed E-state index contributed by atoms with van der Waals surface area (Å²) in [4.78, 5) is 14.6. The van der Waals surface area contributed by atoms with Gasteiger partial charge >= 0.3 is 5.97 Å². The molecular formula is C12H8Cl3N3O3. The summed E-state index contributed by atoms with van der Waals surface area (Å²) in [6, 6.07) is 3.42. The van der Waals surface area contributed by atoms with Gasteiger partial charge in [0.1, 0.15) is 21.5 Å². The van der Waals surface area contributed by atoms with Gasteiger partial charge in [-0.15, -0.1) is 0 Å². The Kier molecular flexibility index (Phi) is 4.72. The molecule has 0 bridgehead atoms. The summed E-state index contributed by atoms with van der Waals surface area (Å²) >= 11 is 17.7. The summed E-state index contributed by atoms with van der Waals surface area (Å²) < 4.78 is 5.16. The molecular weight excluding hydrogens is 341 g/mol. The number of hydrogen-bond acceptors (Lipinski definition) is 5.